The molecule has 22 heavy (non-hydrogen) atoms. The second-order valence-corrected chi connectivity index (χ2v) is 4.84. The van der Waals surface area contributed by atoms with Crippen LogP contribution >= 0.6 is 0 Å². The number of hydrogen-bond acceptors (Lipinski definition) is 3. The van der Waals surface area contributed by atoms with Gasteiger partial charge >= 0.3 is 0 Å². The van der Waals surface area contributed by atoms with Crippen molar-refractivity contribution in [3.05, 3.63) is 72.4 Å². The van der Waals surface area contributed by atoms with Gasteiger partial charge in [-0.25, -0.2) is 4.68 Å². The lowest BCUT2D eigenvalue weighted by molar-refractivity contribution is 0.307. The van der Waals surface area contributed by atoms with Crippen molar-refractivity contribution in [2.75, 3.05) is 13.2 Å². The van der Waals surface area contributed by atoms with E-state index in [-0.39, 0.29) is 6.61 Å². The monoisotopic (exact) mass is 291 g/mol. The third-order valence-electron chi connectivity index (χ3n) is 3.27. The molecule has 1 N–H and O–H groups in total. The first-order valence-corrected chi connectivity index (χ1v) is 7.19. The highest BCUT2D eigenvalue weighted by atomic mass is 16.3. The minimum Gasteiger partial charge on any atom is -0.394 e. The Morgan fingerprint density at radius 1 is 1.00 bits per heavy atom. The Labute approximate surface area is 129 Å². The first kappa shape index (κ1) is 14.2. The van der Waals surface area contributed by atoms with Crippen LogP contribution < -0.4 is 0 Å². The molecule has 0 fully saturated rings. The van der Waals surface area contributed by atoms with E-state index in [9.17, 15) is 0 Å². The average Bonchev–Trinajstić information content (AvgIpc) is 3.01. The molecule has 1 heterocycles. The smallest absolute Gasteiger partial charge is 0.101 e. The molecule has 0 atom stereocenters. The number of aliphatic hydroxyl groups is 1. The molecule has 0 radical (unpaired) electrons. The van der Waals surface area contributed by atoms with Crippen LogP contribution in [-0.2, 0) is 0 Å². The number of para-hydroxylation sites is 1. The van der Waals surface area contributed by atoms with E-state index in [1.54, 1.807) is 6.21 Å². The molecule has 0 bridgehead atoms. The van der Waals surface area contributed by atoms with Gasteiger partial charge in [0.25, 0.3) is 0 Å². The van der Waals surface area contributed by atoms with E-state index in [4.69, 9.17) is 10.2 Å². The van der Waals surface area contributed by atoms with Gasteiger partial charge in [-0.1, -0.05) is 48.5 Å². The van der Waals surface area contributed by atoms with Gasteiger partial charge in [-0.3, -0.25) is 4.99 Å². The van der Waals surface area contributed by atoms with Crippen molar-refractivity contribution in [3.63, 3.8) is 0 Å². The number of aliphatic hydroxyl groups excluding tert-OH is 1. The van der Waals surface area contributed by atoms with Crippen LogP contribution in [0, 0.1) is 0 Å². The Morgan fingerprint density at radius 2 is 1.68 bits per heavy atom. The van der Waals surface area contributed by atoms with Crippen LogP contribution in [0.4, 0.5) is 0 Å². The highest BCUT2D eigenvalue weighted by molar-refractivity contribution is 5.88. The Kier molecular flexibility index (Phi) is 4.41. The third-order valence-corrected chi connectivity index (χ3v) is 3.27. The summed E-state index contributed by atoms with van der Waals surface area (Å²) in [6.45, 7) is 0.439. The first-order chi connectivity index (χ1) is 10.9. The van der Waals surface area contributed by atoms with E-state index >= 15 is 0 Å². The largest absolute Gasteiger partial charge is 0.394 e. The lowest BCUT2D eigenvalue weighted by Crippen LogP contribution is -1.93. The van der Waals surface area contributed by atoms with E-state index in [0.29, 0.717) is 6.54 Å². The maximum atomic E-state index is 8.88. The quantitative estimate of drug-likeness (QED) is 0.735. The maximum absolute atomic E-state index is 8.88. The van der Waals surface area contributed by atoms with Crippen molar-refractivity contribution in [1.82, 2.24) is 9.78 Å². The molecule has 0 aliphatic carbocycles. The number of benzene rings is 2. The molecule has 0 spiro atoms. The molecule has 0 saturated heterocycles. The van der Waals surface area contributed by atoms with Crippen molar-refractivity contribution in [1.29, 1.82) is 0 Å². The molecule has 110 valence electrons. The van der Waals surface area contributed by atoms with Crippen LogP contribution in [0.1, 0.15) is 5.56 Å². The minimum absolute atomic E-state index is 0.0456. The highest BCUT2D eigenvalue weighted by Gasteiger charge is 2.10. The average molecular weight is 291 g/mol. The zero-order chi connectivity index (χ0) is 15.2. The van der Waals surface area contributed by atoms with Gasteiger partial charge in [0.1, 0.15) is 5.69 Å². The van der Waals surface area contributed by atoms with Gasteiger partial charge < -0.3 is 5.11 Å². The van der Waals surface area contributed by atoms with Gasteiger partial charge in [-0.15, -0.1) is 0 Å². The first-order valence-electron chi connectivity index (χ1n) is 7.19. The van der Waals surface area contributed by atoms with Crippen LogP contribution in [-0.4, -0.2) is 34.3 Å². The molecular weight excluding hydrogens is 274 g/mol. The topological polar surface area (TPSA) is 50.4 Å². The van der Waals surface area contributed by atoms with Gasteiger partial charge in [0.15, 0.2) is 0 Å². The maximum Gasteiger partial charge on any atom is 0.101 e. The summed E-state index contributed by atoms with van der Waals surface area (Å²) >= 11 is 0. The third kappa shape index (κ3) is 3.13. The molecule has 4 heteroatoms. The summed E-state index contributed by atoms with van der Waals surface area (Å²) in [6.07, 6.45) is 3.73. The second-order valence-electron chi connectivity index (χ2n) is 4.84. The summed E-state index contributed by atoms with van der Waals surface area (Å²) in [7, 11) is 0. The summed E-state index contributed by atoms with van der Waals surface area (Å²) in [5.41, 5.74) is 3.86. The molecule has 0 amide bonds. The van der Waals surface area contributed by atoms with Crippen molar-refractivity contribution in [3.8, 4) is 16.9 Å². The van der Waals surface area contributed by atoms with Crippen molar-refractivity contribution < 1.29 is 5.11 Å². The zero-order valence-electron chi connectivity index (χ0n) is 12.1. The Hall–Kier alpha value is -2.72. The molecule has 0 saturated carbocycles. The number of aliphatic imine (C=N–C) groups is 1. The molecule has 0 aliphatic heterocycles. The van der Waals surface area contributed by atoms with E-state index in [2.05, 4.69) is 4.99 Å². The van der Waals surface area contributed by atoms with Gasteiger partial charge in [0.2, 0.25) is 0 Å². The lowest BCUT2D eigenvalue weighted by Gasteiger charge is -2.00. The molecule has 3 rings (SSSR count). The van der Waals surface area contributed by atoms with Crippen LogP contribution in [0.3, 0.4) is 0 Å². The van der Waals surface area contributed by atoms with E-state index in [1.807, 2.05) is 71.5 Å². The van der Waals surface area contributed by atoms with Crippen molar-refractivity contribution >= 4 is 6.21 Å². The standard InChI is InChI=1S/C18H17N3O/c22-12-11-19-13-16-14-21(17-9-5-2-6-10-17)20-18(16)15-7-3-1-4-8-15/h1-10,13-14,22H,11-12H2. The minimum atomic E-state index is 0.0456. The van der Waals surface area contributed by atoms with Crippen LogP contribution in [0.5, 0.6) is 0 Å². The van der Waals surface area contributed by atoms with Crippen LogP contribution in [0.15, 0.2) is 71.9 Å². The molecular formula is C18H17N3O. The summed E-state index contributed by atoms with van der Waals surface area (Å²) in [6, 6.07) is 20.0. The summed E-state index contributed by atoms with van der Waals surface area (Å²) in [4.78, 5) is 4.22. The van der Waals surface area contributed by atoms with E-state index in [1.165, 1.54) is 0 Å². The molecule has 2 aromatic carbocycles. The SMILES string of the molecule is OCCN=Cc1cn(-c2ccccc2)nc1-c1ccccc1. The fourth-order valence-electron chi connectivity index (χ4n) is 2.24. The van der Waals surface area contributed by atoms with Gasteiger partial charge in [-0.05, 0) is 12.1 Å². The van der Waals surface area contributed by atoms with E-state index in [0.717, 1.165) is 22.5 Å². The second kappa shape index (κ2) is 6.83. The Morgan fingerprint density at radius 3 is 2.36 bits per heavy atom. The van der Waals surface area contributed by atoms with Crippen molar-refractivity contribution in [2.45, 2.75) is 0 Å². The summed E-state index contributed by atoms with van der Waals surface area (Å²) in [5.74, 6) is 0. The number of hydrogen-bond donors (Lipinski definition) is 1. The molecule has 1 aromatic heterocycles. The van der Waals surface area contributed by atoms with Crippen LogP contribution in [0.25, 0.3) is 16.9 Å². The Balaban J connectivity index is 2.05. The van der Waals surface area contributed by atoms with Crippen molar-refractivity contribution in [2.24, 2.45) is 4.99 Å². The predicted molar refractivity (Wildman–Crippen MR) is 88.5 cm³/mol. The molecule has 3 aromatic rings. The number of nitrogens with zero attached hydrogens (tertiary/aromatic N) is 3. The zero-order valence-corrected chi connectivity index (χ0v) is 12.1. The fourth-order valence-corrected chi connectivity index (χ4v) is 2.24. The predicted octanol–water partition coefficient (Wildman–Crippen LogP) is 2.95. The molecule has 0 unspecified atom stereocenters. The lowest BCUT2D eigenvalue weighted by atomic mass is 10.1. The molecule has 4 nitrogen and oxygen atoms in total. The van der Waals surface area contributed by atoms with Gasteiger partial charge in [-0.2, -0.15) is 5.10 Å². The number of rotatable bonds is 5. The fraction of sp³-hybridized carbons (Fsp3) is 0.111. The van der Waals surface area contributed by atoms with Crippen LogP contribution in [0.2, 0.25) is 0 Å². The highest BCUT2D eigenvalue weighted by Crippen LogP contribution is 2.22. The Bertz CT molecular complexity index is 749. The van der Waals surface area contributed by atoms with Gasteiger partial charge in [0, 0.05) is 23.5 Å². The summed E-state index contributed by atoms with van der Waals surface area (Å²) < 4.78 is 1.85. The van der Waals surface area contributed by atoms with E-state index < -0.39 is 0 Å². The summed E-state index contributed by atoms with van der Waals surface area (Å²) in [5, 5.41) is 13.6. The normalized spacial score (nSPS) is 11.1. The van der Waals surface area contributed by atoms with Gasteiger partial charge in [0.05, 0.1) is 18.8 Å². The number of aromatic nitrogens is 2. The molecule has 0 aliphatic rings.